The Morgan fingerprint density at radius 2 is 1.46 bits per heavy atom. The zero-order valence-corrected chi connectivity index (χ0v) is 21.4. The molecule has 8 N–H and O–H groups in total. The molecule has 0 fully saturated rings. The van der Waals surface area contributed by atoms with Gasteiger partial charge in [0.05, 0.1) is 19.0 Å². The minimum absolute atomic E-state index is 0.0315. The third-order valence-electron chi connectivity index (χ3n) is 5.97. The third-order valence-corrected chi connectivity index (χ3v) is 5.97. The van der Waals surface area contributed by atoms with Crippen LogP contribution < -0.4 is 27.7 Å². The van der Waals surface area contributed by atoms with Crippen molar-refractivity contribution in [1.82, 2.24) is 21.1 Å². The molecule has 0 aliphatic carbocycles. The van der Waals surface area contributed by atoms with Gasteiger partial charge in [-0.15, -0.1) is 0 Å². The number of rotatable bonds is 11. The van der Waals surface area contributed by atoms with Crippen molar-refractivity contribution in [2.45, 2.75) is 18.9 Å². The van der Waals surface area contributed by atoms with Crippen molar-refractivity contribution in [3.05, 3.63) is 107 Å². The number of hydroxylamine groups is 1. The first-order chi connectivity index (χ1) is 18.7. The van der Waals surface area contributed by atoms with Crippen LogP contribution in [0.4, 0.5) is 4.39 Å². The number of halogens is 1. The van der Waals surface area contributed by atoms with Crippen LogP contribution in [0.2, 0.25) is 0 Å². The predicted octanol–water partition coefficient (Wildman–Crippen LogP) is 2.06. The molecular formula is C28H31FN6O4. The van der Waals surface area contributed by atoms with Gasteiger partial charge in [-0.05, 0) is 59.5 Å². The van der Waals surface area contributed by atoms with Crippen molar-refractivity contribution < 1.29 is 24.0 Å². The monoisotopic (exact) mass is 534 g/mol. The lowest BCUT2D eigenvalue weighted by molar-refractivity contribution is -0.130. The van der Waals surface area contributed by atoms with Crippen LogP contribution in [0.1, 0.15) is 32.7 Å². The smallest absolute Gasteiger partial charge is 0.251 e. The first kappa shape index (κ1) is 28.8. The molecule has 0 aliphatic heterocycles. The van der Waals surface area contributed by atoms with Crippen LogP contribution in [0.3, 0.4) is 0 Å². The highest BCUT2D eigenvalue weighted by molar-refractivity contribution is 5.94. The van der Waals surface area contributed by atoms with Gasteiger partial charge in [-0.2, -0.15) is 0 Å². The molecule has 0 radical (unpaired) electrons. The number of carbonyl (C=O) groups is 3. The van der Waals surface area contributed by atoms with Crippen LogP contribution >= 0.6 is 0 Å². The maximum absolute atomic E-state index is 13.1. The Kier molecular flexibility index (Phi) is 10.1. The van der Waals surface area contributed by atoms with E-state index in [4.69, 9.17) is 16.8 Å². The summed E-state index contributed by atoms with van der Waals surface area (Å²) in [5.41, 5.74) is 11.5. The van der Waals surface area contributed by atoms with Crippen molar-refractivity contribution in [1.29, 1.82) is 0 Å². The number of hydrogen-bond acceptors (Lipinski definition) is 7. The van der Waals surface area contributed by atoms with E-state index < -0.39 is 23.7 Å². The van der Waals surface area contributed by atoms with E-state index in [1.54, 1.807) is 24.7 Å². The topological polar surface area (TPSA) is 163 Å². The molecule has 10 nitrogen and oxygen atoms in total. The fraction of sp³-hybridized carbons (Fsp3) is 0.179. The van der Waals surface area contributed by atoms with E-state index in [2.05, 4.69) is 10.6 Å². The molecule has 0 saturated heterocycles. The minimum Gasteiger partial charge on any atom is -0.399 e. The molecule has 1 unspecified atom stereocenters. The first-order valence-corrected chi connectivity index (χ1v) is 12.1. The van der Waals surface area contributed by atoms with Gasteiger partial charge in [-0.25, -0.2) is 15.7 Å². The van der Waals surface area contributed by atoms with Crippen molar-refractivity contribution in [3.8, 4) is 11.1 Å². The maximum atomic E-state index is 13.1. The van der Waals surface area contributed by atoms with Gasteiger partial charge in [0.1, 0.15) is 5.82 Å². The molecule has 0 saturated carbocycles. The highest BCUT2D eigenvalue weighted by atomic mass is 19.1. The van der Waals surface area contributed by atoms with Crippen molar-refractivity contribution in [3.63, 3.8) is 0 Å². The molecule has 3 amide bonds. The standard InChI is InChI=1S/C28H31FN6O4/c1-32-27(37)21-8-6-20(7-9-21)19-4-2-18(3-5-19)14-25(15-26(36)34-39)35(31)17-24(30)16-33-28(38)22-10-12-23(29)13-11-22/h2-13,17,25,39H,14-16,30-31H2,1H3,(H,32,37)(H,33,38)(H,34,36)/b24-17-. The van der Waals surface area contributed by atoms with Crippen LogP contribution in [0.15, 0.2) is 84.7 Å². The molecule has 3 rings (SSSR count). The van der Waals surface area contributed by atoms with Crippen molar-refractivity contribution in [2.75, 3.05) is 13.6 Å². The molecule has 0 spiro atoms. The molecule has 1 atom stereocenters. The zero-order valence-electron chi connectivity index (χ0n) is 21.4. The van der Waals surface area contributed by atoms with Crippen LogP contribution in [0.25, 0.3) is 11.1 Å². The second-order valence-electron chi connectivity index (χ2n) is 8.79. The minimum atomic E-state index is -0.625. The SMILES string of the molecule is CNC(=O)c1ccc(-c2ccc(CC(CC(=O)NO)N(N)/C=C(\N)CNC(=O)c3ccc(F)cc3)cc2)cc1. The number of amides is 3. The van der Waals surface area contributed by atoms with Gasteiger partial charge in [0, 0.05) is 30.1 Å². The van der Waals surface area contributed by atoms with E-state index in [0.29, 0.717) is 12.0 Å². The molecule has 3 aromatic carbocycles. The summed E-state index contributed by atoms with van der Waals surface area (Å²) >= 11 is 0. The summed E-state index contributed by atoms with van der Waals surface area (Å²) < 4.78 is 13.1. The Balaban J connectivity index is 1.66. The second-order valence-corrected chi connectivity index (χ2v) is 8.79. The van der Waals surface area contributed by atoms with Gasteiger partial charge < -0.3 is 21.4 Å². The van der Waals surface area contributed by atoms with Crippen LogP contribution in [0.5, 0.6) is 0 Å². The van der Waals surface area contributed by atoms with Gasteiger partial charge >= 0.3 is 0 Å². The lowest BCUT2D eigenvalue weighted by Crippen LogP contribution is -2.42. The van der Waals surface area contributed by atoms with Crippen molar-refractivity contribution in [2.24, 2.45) is 11.6 Å². The predicted molar refractivity (Wildman–Crippen MR) is 144 cm³/mol. The van der Waals surface area contributed by atoms with Crippen LogP contribution in [-0.2, 0) is 11.2 Å². The molecule has 0 aromatic heterocycles. The molecule has 11 heteroatoms. The number of benzene rings is 3. The van der Waals surface area contributed by atoms with E-state index in [9.17, 15) is 18.8 Å². The lowest BCUT2D eigenvalue weighted by atomic mass is 9.98. The van der Waals surface area contributed by atoms with Gasteiger partial charge in [0.25, 0.3) is 11.8 Å². The van der Waals surface area contributed by atoms with E-state index in [-0.39, 0.29) is 30.1 Å². The van der Waals surface area contributed by atoms with Crippen LogP contribution in [0, 0.1) is 5.82 Å². The summed E-state index contributed by atoms with van der Waals surface area (Å²) in [7, 11) is 1.58. The van der Waals surface area contributed by atoms with Crippen LogP contribution in [-0.4, -0.2) is 47.6 Å². The highest BCUT2D eigenvalue weighted by Gasteiger charge is 2.19. The van der Waals surface area contributed by atoms with Gasteiger partial charge in [-0.3, -0.25) is 19.6 Å². The van der Waals surface area contributed by atoms with Gasteiger partial charge in [-0.1, -0.05) is 36.4 Å². The molecular weight excluding hydrogens is 503 g/mol. The zero-order chi connectivity index (χ0) is 28.4. The number of hydrazine groups is 1. The Hall–Kier alpha value is -4.74. The Bertz CT molecular complexity index is 1310. The summed E-state index contributed by atoms with van der Waals surface area (Å²) in [6, 6.07) is 19.4. The summed E-state index contributed by atoms with van der Waals surface area (Å²) in [5.74, 6) is 4.53. The molecule has 0 heterocycles. The molecule has 3 aromatic rings. The Labute approximate surface area is 225 Å². The van der Waals surface area contributed by atoms with E-state index in [0.717, 1.165) is 16.7 Å². The average Bonchev–Trinajstić information content (AvgIpc) is 2.95. The second kappa shape index (κ2) is 13.7. The van der Waals surface area contributed by atoms with Crippen molar-refractivity contribution >= 4 is 17.7 Å². The molecule has 39 heavy (non-hydrogen) atoms. The quantitative estimate of drug-likeness (QED) is 0.125. The largest absolute Gasteiger partial charge is 0.399 e. The maximum Gasteiger partial charge on any atom is 0.251 e. The Morgan fingerprint density at radius 1 is 0.923 bits per heavy atom. The van der Waals surface area contributed by atoms with Gasteiger partial charge in [0.2, 0.25) is 5.91 Å². The summed E-state index contributed by atoms with van der Waals surface area (Å²) in [4.78, 5) is 35.9. The normalized spacial score (nSPS) is 11.8. The molecule has 204 valence electrons. The molecule has 0 aliphatic rings. The summed E-state index contributed by atoms with van der Waals surface area (Å²) in [6.07, 6.45) is 1.63. The highest BCUT2D eigenvalue weighted by Crippen LogP contribution is 2.22. The Morgan fingerprint density at radius 3 is 2.03 bits per heavy atom. The van der Waals surface area contributed by atoms with E-state index in [1.807, 2.05) is 36.4 Å². The lowest BCUT2D eigenvalue weighted by Gasteiger charge is -2.26. The third kappa shape index (κ3) is 8.38. The fourth-order valence-electron chi connectivity index (χ4n) is 3.83. The number of nitrogens with zero attached hydrogens (tertiary/aromatic N) is 1. The summed E-state index contributed by atoms with van der Waals surface area (Å²) in [6.45, 7) is -0.0315. The van der Waals surface area contributed by atoms with E-state index >= 15 is 0 Å². The molecule has 0 bridgehead atoms. The van der Waals surface area contributed by atoms with Gasteiger partial charge in [0.15, 0.2) is 0 Å². The number of nitrogens with one attached hydrogen (secondary N) is 3. The average molecular weight is 535 g/mol. The number of nitrogens with two attached hydrogens (primary N) is 2. The summed E-state index contributed by atoms with van der Waals surface area (Å²) in [5, 5.41) is 15.5. The number of hydrogen-bond donors (Lipinski definition) is 6. The van der Waals surface area contributed by atoms with E-state index in [1.165, 1.54) is 35.5 Å². The number of carbonyl (C=O) groups excluding carboxylic acids is 3. The fourth-order valence-corrected chi connectivity index (χ4v) is 3.83. The first-order valence-electron chi connectivity index (χ1n) is 12.1.